The van der Waals surface area contributed by atoms with E-state index in [1.165, 1.54) is 0 Å². The Hall–Kier alpha value is -2.37. The summed E-state index contributed by atoms with van der Waals surface area (Å²) in [5.74, 6) is -0.401. The molecule has 2 fully saturated rings. The Labute approximate surface area is 147 Å². The largest absolute Gasteiger partial charge is 0.481 e. The van der Waals surface area contributed by atoms with Crippen LogP contribution < -0.4 is 4.90 Å². The van der Waals surface area contributed by atoms with Crippen molar-refractivity contribution in [3.63, 3.8) is 0 Å². The third-order valence-electron chi connectivity index (χ3n) is 5.07. The molecule has 0 radical (unpaired) electrons. The van der Waals surface area contributed by atoms with Gasteiger partial charge in [0, 0.05) is 43.7 Å². The number of carbonyl (C=O) groups is 3. The molecule has 0 aromatic heterocycles. The molecule has 2 amide bonds. The van der Waals surface area contributed by atoms with Gasteiger partial charge in [-0.3, -0.25) is 14.4 Å². The molecule has 1 N–H and O–H groups in total. The molecule has 1 aromatic carbocycles. The van der Waals surface area contributed by atoms with Crippen LogP contribution in [0.4, 0.5) is 5.69 Å². The van der Waals surface area contributed by atoms with Crippen LogP contribution in [0.2, 0.25) is 0 Å². The molecule has 2 aliphatic heterocycles. The Morgan fingerprint density at radius 1 is 1.12 bits per heavy atom. The summed E-state index contributed by atoms with van der Waals surface area (Å²) in [6, 6.07) is 7.23. The number of anilines is 1. The molecule has 3 rings (SSSR count). The fourth-order valence-electron chi connectivity index (χ4n) is 3.70. The van der Waals surface area contributed by atoms with E-state index in [9.17, 15) is 14.4 Å². The first-order valence-electron chi connectivity index (χ1n) is 8.96. The van der Waals surface area contributed by atoms with Gasteiger partial charge in [0.2, 0.25) is 5.91 Å². The lowest BCUT2D eigenvalue weighted by Gasteiger charge is -2.32. The van der Waals surface area contributed by atoms with Gasteiger partial charge < -0.3 is 14.9 Å². The third-order valence-corrected chi connectivity index (χ3v) is 5.07. The summed E-state index contributed by atoms with van der Waals surface area (Å²) >= 11 is 0. The van der Waals surface area contributed by atoms with Crippen molar-refractivity contribution in [3.8, 4) is 0 Å². The standard InChI is InChI=1S/C19H24N2O4/c22-17-4-2-12-21(17)16-8-6-15(7-9-16)19(25)20-11-1-3-14(13-20)5-10-18(23)24/h6-9,14H,1-5,10-13H2,(H,23,24)/t14-/m0/s1. The van der Waals surface area contributed by atoms with E-state index >= 15 is 0 Å². The summed E-state index contributed by atoms with van der Waals surface area (Å²) in [5.41, 5.74) is 1.46. The minimum atomic E-state index is -0.782. The zero-order valence-corrected chi connectivity index (χ0v) is 14.3. The van der Waals surface area contributed by atoms with Gasteiger partial charge in [-0.25, -0.2) is 0 Å². The number of carboxylic acid groups (broad SMARTS) is 1. The zero-order chi connectivity index (χ0) is 17.8. The lowest BCUT2D eigenvalue weighted by molar-refractivity contribution is -0.137. The molecule has 2 heterocycles. The van der Waals surface area contributed by atoms with Gasteiger partial charge in [0.1, 0.15) is 0 Å². The molecule has 1 atom stereocenters. The van der Waals surface area contributed by atoms with Crippen LogP contribution in [0.25, 0.3) is 0 Å². The van der Waals surface area contributed by atoms with Gasteiger partial charge in [0.15, 0.2) is 0 Å². The molecule has 0 bridgehead atoms. The Balaban J connectivity index is 1.62. The second kappa shape index (κ2) is 7.68. The monoisotopic (exact) mass is 344 g/mol. The fourth-order valence-corrected chi connectivity index (χ4v) is 3.70. The second-order valence-electron chi connectivity index (χ2n) is 6.89. The number of likely N-dealkylation sites (tertiary alicyclic amines) is 1. The van der Waals surface area contributed by atoms with E-state index in [0.717, 1.165) is 38.0 Å². The van der Waals surface area contributed by atoms with Gasteiger partial charge >= 0.3 is 5.97 Å². The van der Waals surface area contributed by atoms with E-state index in [-0.39, 0.29) is 24.2 Å². The first-order valence-corrected chi connectivity index (χ1v) is 8.96. The van der Waals surface area contributed by atoms with Crippen LogP contribution in [-0.4, -0.2) is 47.4 Å². The second-order valence-corrected chi connectivity index (χ2v) is 6.89. The van der Waals surface area contributed by atoms with Crippen LogP contribution in [0.3, 0.4) is 0 Å². The van der Waals surface area contributed by atoms with Crippen molar-refractivity contribution in [1.29, 1.82) is 0 Å². The molecular formula is C19H24N2O4. The average Bonchev–Trinajstić information content (AvgIpc) is 3.06. The van der Waals surface area contributed by atoms with E-state index in [4.69, 9.17) is 5.11 Å². The molecule has 6 heteroatoms. The van der Waals surface area contributed by atoms with Crippen LogP contribution in [0.5, 0.6) is 0 Å². The number of aliphatic carboxylic acids is 1. The maximum Gasteiger partial charge on any atom is 0.303 e. The molecule has 0 saturated carbocycles. The number of hydrogen-bond donors (Lipinski definition) is 1. The summed E-state index contributed by atoms with van der Waals surface area (Å²) in [5, 5.41) is 8.82. The van der Waals surface area contributed by atoms with Crippen molar-refractivity contribution < 1.29 is 19.5 Å². The molecule has 134 valence electrons. The van der Waals surface area contributed by atoms with Crippen molar-refractivity contribution in [1.82, 2.24) is 4.90 Å². The number of rotatable bonds is 5. The van der Waals surface area contributed by atoms with E-state index in [1.807, 2.05) is 17.0 Å². The predicted molar refractivity (Wildman–Crippen MR) is 93.5 cm³/mol. The van der Waals surface area contributed by atoms with Crippen LogP contribution in [0.15, 0.2) is 24.3 Å². The predicted octanol–water partition coefficient (Wildman–Crippen LogP) is 2.53. The van der Waals surface area contributed by atoms with E-state index < -0.39 is 5.97 Å². The van der Waals surface area contributed by atoms with E-state index in [2.05, 4.69) is 0 Å². The van der Waals surface area contributed by atoms with E-state index in [0.29, 0.717) is 24.9 Å². The maximum absolute atomic E-state index is 12.7. The molecular weight excluding hydrogens is 320 g/mol. The summed E-state index contributed by atoms with van der Waals surface area (Å²) in [7, 11) is 0. The van der Waals surface area contributed by atoms with Crippen molar-refractivity contribution in [2.75, 3.05) is 24.5 Å². The van der Waals surface area contributed by atoms with Crippen molar-refractivity contribution in [3.05, 3.63) is 29.8 Å². The first kappa shape index (κ1) is 17.5. The van der Waals surface area contributed by atoms with E-state index in [1.54, 1.807) is 17.0 Å². The lowest BCUT2D eigenvalue weighted by Crippen LogP contribution is -2.40. The number of amides is 2. The number of carboxylic acids is 1. The van der Waals surface area contributed by atoms with Crippen LogP contribution >= 0.6 is 0 Å². The maximum atomic E-state index is 12.7. The minimum absolute atomic E-state index is 0.0145. The third kappa shape index (κ3) is 4.18. The Kier molecular flexibility index (Phi) is 5.36. The first-order chi connectivity index (χ1) is 12.0. The SMILES string of the molecule is O=C(O)CC[C@@H]1CCCN(C(=O)c2ccc(N3CCCC3=O)cc2)C1. The summed E-state index contributed by atoms with van der Waals surface area (Å²) in [6.07, 6.45) is 4.14. The Bertz CT molecular complexity index is 656. The number of hydrogen-bond acceptors (Lipinski definition) is 3. The molecule has 2 saturated heterocycles. The van der Waals surface area contributed by atoms with Crippen LogP contribution in [0.1, 0.15) is 48.9 Å². The minimum Gasteiger partial charge on any atom is -0.481 e. The molecule has 25 heavy (non-hydrogen) atoms. The van der Waals surface area contributed by atoms with Gasteiger partial charge in [0.25, 0.3) is 5.91 Å². The Morgan fingerprint density at radius 2 is 1.88 bits per heavy atom. The molecule has 0 unspecified atom stereocenters. The zero-order valence-electron chi connectivity index (χ0n) is 14.3. The summed E-state index contributed by atoms with van der Waals surface area (Å²) < 4.78 is 0. The lowest BCUT2D eigenvalue weighted by atomic mass is 9.93. The molecule has 2 aliphatic rings. The van der Waals surface area contributed by atoms with Gasteiger partial charge in [-0.2, -0.15) is 0 Å². The van der Waals surface area contributed by atoms with Gasteiger partial charge in [-0.1, -0.05) is 0 Å². The van der Waals surface area contributed by atoms with Gasteiger partial charge in [0.05, 0.1) is 0 Å². The Morgan fingerprint density at radius 3 is 2.52 bits per heavy atom. The topological polar surface area (TPSA) is 77.9 Å². The number of piperidine rings is 1. The number of carbonyl (C=O) groups excluding carboxylic acids is 2. The molecule has 6 nitrogen and oxygen atoms in total. The average molecular weight is 344 g/mol. The van der Waals surface area contributed by atoms with Gasteiger partial charge in [-0.05, 0) is 55.9 Å². The quantitative estimate of drug-likeness (QED) is 0.890. The molecule has 0 spiro atoms. The fraction of sp³-hybridized carbons (Fsp3) is 0.526. The molecule has 0 aliphatic carbocycles. The highest BCUT2D eigenvalue weighted by atomic mass is 16.4. The number of benzene rings is 1. The summed E-state index contributed by atoms with van der Waals surface area (Å²) in [4.78, 5) is 38.8. The highest BCUT2D eigenvalue weighted by Crippen LogP contribution is 2.25. The number of nitrogens with zero attached hydrogens (tertiary/aromatic N) is 2. The smallest absolute Gasteiger partial charge is 0.303 e. The highest BCUT2D eigenvalue weighted by Gasteiger charge is 2.26. The van der Waals surface area contributed by atoms with Crippen molar-refractivity contribution in [2.24, 2.45) is 5.92 Å². The normalized spacial score (nSPS) is 20.8. The molecule has 1 aromatic rings. The van der Waals surface area contributed by atoms with Gasteiger partial charge in [-0.15, -0.1) is 0 Å². The van der Waals surface area contributed by atoms with Crippen LogP contribution in [0, 0.1) is 5.92 Å². The highest BCUT2D eigenvalue weighted by molar-refractivity contribution is 5.97. The van der Waals surface area contributed by atoms with Crippen molar-refractivity contribution in [2.45, 2.75) is 38.5 Å². The van der Waals surface area contributed by atoms with Crippen molar-refractivity contribution >= 4 is 23.5 Å². The summed E-state index contributed by atoms with van der Waals surface area (Å²) in [6.45, 7) is 2.08. The van der Waals surface area contributed by atoms with Crippen LogP contribution in [-0.2, 0) is 9.59 Å².